The molecule has 5 heteroatoms. The first-order chi connectivity index (χ1) is 8.76. The molecule has 0 fully saturated rings. The molecule has 3 N–H and O–H groups in total. The first kappa shape index (κ1) is 14.2. The van der Waals surface area contributed by atoms with Gasteiger partial charge in [-0.3, -0.25) is 4.79 Å². The summed E-state index contributed by atoms with van der Waals surface area (Å²) in [6.45, 7) is 0.879. The molecule has 0 radical (unpaired) electrons. The average Bonchev–Trinajstić information content (AvgIpc) is 2.37. The van der Waals surface area contributed by atoms with Gasteiger partial charge in [-0.15, -0.1) is 0 Å². The van der Waals surface area contributed by atoms with E-state index in [0.29, 0.717) is 31.8 Å². The zero-order valence-electron chi connectivity index (χ0n) is 10.4. The van der Waals surface area contributed by atoms with Gasteiger partial charge in [-0.2, -0.15) is 0 Å². The number of nitrogens with one attached hydrogen (secondary N) is 1. The van der Waals surface area contributed by atoms with Crippen molar-refractivity contribution in [2.45, 2.75) is 12.8 Å². The molecule has 0 aliphatic heterocycles. The fourth-order valence-electron chi connectivity index (χ4n) is 1.31. The first-order valence-corrected chi connectivity index (χ1v) is 5.70. The van der Waals surface area contributed by atoms with E-state index in [0.717, 1.165) is 5.56 Å². The van der Waals surface area contributed by atoms with Gasteiger partial charge < -0.3 is 15.8 Å². The highest BCUT2D eigenvalue weighted by Gasteiger charge is 2.03. The van der Waals surface area contributed by atoms with E-state index in [2.05, 4.69) is 22.1 Å². The molecule has 0 aliphatic carbocycles. The number of carbonyl (C=O) groups is 1. The molecule has 18 heavy (non-hydrogen) atoms. The number of anilines is 1. The SMILES string of the molecule is COCCCC(=O)Nc1cc(C#CCN)ccn1. The quantitative estimate of drug-likeness (QED) is 0.595. The van der Waals surface area contributed by atoms with Crippen LogP contribution in [0.25, 0.3) is 0 Å². The van der Waals surface area contributed by atoms with E-state index in [-0.39, 0.29) is 5.91 Å². The number of aromatic nitrogens is 1. The second kappa shape index (κ2) is 8.23. The normalized spacial score (nSPS) is 9.44. The summed E-state index contributed by atoms with van der Waals surface area (Å²) < 4.78 is 4.88. The van der Waals surface area contributed by atoms with Crippen LogP contribution < -0.4 is 11.1 Å². The fraction of sp³-hybridized carbons (Fsp3) is 0.385. The van der Waals surface area contributed by atoms with Crippen molar-refractivity contribution in [3.63, 3.8) is 0 Å². The van der Waals surface area contributed by atoms with Crippen LogP contribution in [0.5, 0.6) is 0 Å². The summed E-state index contributed by atoms with van der Waals surface area (Å²) in [6, 6.07) is 3.49. The summed E-state index contributed by atoms with van der Waals surface area (Å²) in [6.07, 6.45) is 2.70. The van der Waals surface area contributed by atoms with Crippen molar-refractivity contribution in [2.24, 2.45) is 5.73 Å². The maximum atomic E-state index is 11.5. The van der Waals surface area contributed by atoms with Crippen molar-refractivity contribution in [3.05, 3.63) is 23.9 Å². The van der Waals surface area contributed by atoms with Crippen molar-refractivity contribution < 1.29 is 9.53 Å². The Morgan fingerprint density at radius 1 is 1.61 bits per heavy atom. The average molecular weight is 247 g/mol. The monoisotopic (exact) mass is 247 g/mol. The van der Waals surface area contributed by atoms with Crippen LogP contribution in [0.3, 0.4) is 0 Å². The maximum Gasteiger partial charge on any atom is 0.225 e. The lowest BCUT2D eigenvalue weighted by molar-refractivity contribution is -0.116. The first-order valence-electron chi connectivity index (χ1n) is 5.70. The van der Waals surface area contributed by atoms with Crippen LogP contribution >= 0.6 is 0 Å². The molecule has 0 saturated heterocycles. The number of hydrogen-bond donors (Lipinski definition) is 2. The minimum atomic E-state index is -0.0801. The zero-order valence-corrected chi connectivity index (χ0v) is 10.4. The van der Waals surface area contributed by atoms with Gasteiger partial charge in [0.2, 0.25) is 5.91 Å². The molecule has 5 nitrogen and oxygen atoms in total. The number of amides is 1. The molecule has 0 unspecified atom stereocenters. The second-order valence-electron chi connectivity index (χ2n) is 3.58. The second-order valence-corrected chi connectivity index (χ2v) is 3.58. The predicted molar refractivity (Wildman–Crippen MR) is 69.9 cm³/mol. The van der Waals surface area contributed by atoms with Gasteiger partial charge in [0.1, 0.15) is 5.82 Å². The third-order valence-electron chi connectivity index (χ3n) is 2.11. The molecule has 0 aromatic carbocycles. The molecule has 0 aliphatic rings. The molecule has 1 amide bonds. The molecule has 1 rings (SSSR count). The lowest BCUT2D eigenvalue weighted by Gasteiger charge is -2.04. The summed E-state index contributed by atoms with van der Waals surface area (Å²) in [4.78, 5) is 15.6. The maximum absolute atomic E-state index is 11.5. The van der Waals surface area contributed by atoms with Gasteiger partial charge in [0, 0.05) is 31.9 Å². The number of nitrogens with zero attached hydrogens (tertiary/aromatic N) is 1. The molecule has 0 saturated carbocycles. The summed E-state index contributed by atoms with van der Waals surface area (Å²) in [5.41, 5.74) is 6.07. The zero-order chi connectivity index (χ0) is 13.2. The van der Waals surface area contributed by atoms with Crippen LogP contribution in [0.1, 0.15) is 18.4 Å². The van der Waals surface area contributed by atoms with Crippen LogP contribution in [0.2, 0.25) is 0 Å². The van der Waals surface area contributed by atoms with E-state index in [1.165, 1.54) is 0 Å². The Morgan fingerprint density at radius 3 is 3.17 bits per heavy atom. The Labute approximate surface area is 107 Å². The number of carbonyl (C=O) groups excluding carboxylic acids is 1. The van der Waals surface area contributed by atoms with Crippen molar-refractivity contribution in [1.82, 2.24) is 4.98 Å². The van der Waals surface area contributed by atoms with Crippen molar-refractivity contribution in [3.8, 4) is 11.8 Å². The van der Waals surface area contributed by atoms with E-state index in [4.69, 9.17) is 10.5 Å². The summed E-state index contributed by atoms with van der Waals surface area (Å²) in [7, 11) is 1.61. The Kier molecular flexibility index (Phi) is 6.47. The number of ether oxygens (including phenoxy) is 1. The van der Waals surface area contributed by atoms with E-state index < -0.39 is 0 Å². The highest BCUT2D eigenvalue weighted by molar-refractivity contribution is 5.89. The molecule has 96 valence electrons. The third-order valence-corrected chi connectivity index (χ3v) is 2.11. The van der Waals surface area contributed by atoms with Crippen LogP contribution in [-0.4, -0.2) is 31.2 Å². The molecule has 1 aromatic rings. The number of rotatable bonds is 5. The Bertz CT molecular complexity index is 449. The van der Waals surface area contributed by atoms with E-state index in [9.17, 15) is 4.79 Å². The number of methoxy groups -OCH3 is 1. The van der Waals surface area contributed by atoms with E-state index >= 15 is 0 Å². The van der Waals surface area contributed by atoms with Crippen LogP contribution in [0, 0.1) is 11.8 Å². The Hall–Kier alpha value is -1.90. The van der Waals surface area contributed by atoms with Gasteiger partial charge in [-0.25, -0.2) is 4.98 Å². The molecule has 0 atom stereocenters. The van der Waals surface area contributed by atoms with E-state index in [1.807, 2.05) is 0 Å². The molecular formula is C13H17N3O2. The van der Waals surface area contributed by atoms with Gasteiger partial charge in [0.05, 0.1) is 6.54 Å². The van der Waals surface area contributed by atoms with Gasteiger partial charge in [0.15, 0.2) is 0 Å². The standard InChI is InChI=1S/C13H17N3O2/c1-18-9-3-5-13(17)16-12-10-11(4-2-7-14)6-8-15-12/h6,8,10H,3,5,7,9,14H2,1H3,(H,15,16,17). The number of nitrogens with two attached hydrogens (primary N) is 1. The minimum absolute atomic E-state index is 0.0801. The Balaban J connectivity index is 2.53. The summed E-state index contributed by atoms with van der Waals surface area (Å²) in [5, 5.41) is 2.71. The molecule has 0 bridgehead atoms. The summed E-state index contributed by atoms with van der Waals surface area (Å²) >= 11 is 0. The highest BCUT2D eigenvalue weighted by atomic mass is 16.5. The van der Waals surface area contributed by atoms with Crippen LogP contribution in [-0.2, 0) is 9.53 Å². The smallest absolute Gasteiger partial charge is 0.225 e. The highest BCUT2D eigenvalue weighted by Crippen LogP contribution is 2.06. The minimum Gasteiger partial charge on any atom is -0.385 e. The molecule has 1 aromatic heterocycles. The van der Waals surface area contributed by atoms with Crippen molar-refractivity contribution >= 4 is 11.7 Å². The van der Waals surface area contributed by atoms with Crippen molar-refractivity contribution in [1.29, 1.82) is 0 Å². The van der Waals surface area contributed by atoms with Crippen LogP contribution in [0.4, 0.5) is 5.82 Å². The summed E-state index contributed by atoms with van der Waals surface area (Å²) in [5.74, 6) is 6.05. The van der Waals surface area contributed by atoms with Crippen molar-refractivity contribution in [2.75, 3.05) is 25.6 Å². The fourth-order valence-corrected chi connectivity index (χ4v) is 1.31. The van der Waals surface area contributed by atoms with Crippen LogP contribution in [0.15, 0.2) is 18.3 Å². The largest absolute Gasteiger partial charge is 0.385 e. The van der Waals surface area contributed by atoms with E-state index in [1.54, 1.807) is 25.4 Å². The Morgan fingerprint density at radius 2 is 2.44 bits per heavy atom. The van der Waals surface area contributed by atoms with Gasteiger partial charge in [-0.1, -0.05) is 11.8 Å². The third kappa shape index (κ3) is 5.43. The predicted octanol–water partition coefficient (Wildman–Crippen LogP) is 0.757. The lowest BCUT2D eigenvalue weighted by Crippen LogP contribution is -2.13. The molecule has 0 spiro atoms. The van der Waals surface area contributed by atoms with Gasteiger partial charge in [0.25, 0.3) is 0 Å². The lowest BCUT2D eigenvalue weighted by atomic mass is 10.2. The molecular weight excluding hydrogens is 230 g/mol. The van der Waals surface area contributed by atoms with Gasteiger partial charge in [-0.05, 0) is 18.6 Å². The number of pyridine rings is 1. The topological polar surface area (TPSA) is 77.2 Å². The number of hydrogen-bond acceptors (Lipinski definition) is 4. The van der Waals surface area contributed by atoms with Gasteiger partial charge >= 0.3 is 0 Å². The molecule has 1 heterocycles.